The summed E-state index contributed by atoms with van der Waals surface area (Å²) in [5, 5.41) is 11.8. The van der Waals surface area contributed by atoms with Crippen LogP contribution in [0, 0.1) is 0 Å². The molecule has 0 atom stereocenters. The lowest BCUT2D eigenvalue weighted by Gasteiger charge is -2.18. The maximum atomic E-state index is 4.82. The van der Waals surface area contributed by atoms with Crippen LogP contribution >= 0.6 is 0 Å². The number of nitrogens with zero attached hydrogens (tertiary/aromatic N) is 2. The summed E-state index contributed by atoms with van der Waals surface area (Å²) < 4.78 is 0. The second-order valence-corrected chi connectivity index (χ2v) is 8.27. The Labute approximate surface area is 199 Å². The van der Waals surface area contributed by atoms with Crippen molar-refractivity contribution < 1.29 is 0 Å². The van der Waals surface area contributed by atoms with Crippen LogP contribution in [0.25, 0.3) is 55.5 Å². The van der Waals surface area contributed by atoms with Crippen molar-refractivity contribution in [1.82, 2.24) is 10.2 Å². The number of benzene rings is 5. The molecular formula is C32H22N2. The Hall–Kier alpha value is -4.56. The molecule has 0 aliphatic carbocycles. The SMILES string of the molecule is c1ccc(-c2ccc3c(-c4ccccc4)nnc(-c4ccccc4)c3c2-c2ccccc2)cc1. The average Bonchev–Trinajstić information content (AvgIpc) is 2.93. The van der Waals surface area contributed by atoms with E-state index in [-0.39, 0.29) is 0 Å². The van der Waals surface area contributed by atoms with Crippen molar-refractivity contribution in [3.63, 3.8) is 0 Å². The Morgan fingerprint density at radius 3 is 1.35 bits per heavy atom. The quantitative estimate of drug-likeness (QED) is 0.279. The van der Waals surface area contributed by atoms with Crippen LogP contribution in [-0.4, -0.2) is 10.2 Å². The van der Waals surface area contributed by atoms with E-state index in [1.165, 1.54) is 16.7 Å². The highest BCUT2D eigenvalue weighted by Crippen LogP contribution is 2.43. The Balaban J connectivity index is 1.79. The molecule has 6 aromatic rings. The van der Waals surface area contributed by atoms with Gasteiger partial charge in [-0.3, -0.25) is 0 Å². The van der Waals surface area contributed by atoms with Crippen LogP contribution in [0.5, 0.6) is 0 Å². The Morgan fingerprint density at radius 1 is 0.353 bits per heavy atom. The molecule has 5 aromatic carbocycles. The number of fused-ring (bicyclic) bond motifs is 1. The van der Waals surface area contributed by atoms with Gasteiger partial charge in [-0.05, 0) is 22.3 Å². The van der Waals surface area contributed by atoms with Crippen molar-refractivity contribution in [1.29, 1.82) is 0 Å². The van der Waals surface area contributed by atoms with Crippen molar-refractivity contribution in [3.05, 3.63) is 133 Å². The van der Waals surface area contributed by atoms with Gasteiger partial charge in [0.25, 0.3) is 0 Å². The standard InChI is InChI=1S/C32H22N2/c1-5-13-23(14-6-1)27-21-22-28-30(29(27)24-15-7-2-8-16-24)32(26-19-11-4-12-20-26)34-33-31(28)25-17-9-3-10-18-25/h1-22H. The minimum Gasteiger partial charge on any atom is -0.149 e. The monoisotopic (exact) mass is 434 g/mol. The fourth-order valence-corrected chi connectivity index (χ4v) is 4.62. The smallest absolute Gasteiger partial charge is 0.101 e. The molecule has 0 saturated heterocycles. The van der Waals surface area contributed by atoms with E-state index in [0.717, 1.165) is 38.9 Å². The first-order chi connectivity index (χ1) is 16.9. The maximum Gasteiger partial charge on any atom is 0.101 e. The zero-order valence-corrected chi connectivity index (χ0v) is 18.6. The fourth-order valence-electron chi connectivity index (χ4n) is 4.62. The average molecular weight is 435 g/mol. The largest absolute Gasteiger partial charge is 0.149 e. The van der Waals surface area contributed by atoms with E-state index < -0.39 is 0 Å². The van der Waals surface area contributed by atoms with E-state index in [1.807, 2.05) is 24.3 Å². The zero-order valence-electron chi connectivity index (χ0n) is 18.6. The van der Waals surface area contributed by atoms with Gasteiger partial charge in [0.05, 0.1) is 0 Å². The van der Waals surface area contributed by atoms with Gasteiger partial charge in [0.15, 0.2) is 0 Å². The molecule has 0 amide bonds. The summed E-state index contributed by atoms with van der Waals surface area (Å²) in [4.78, 5) is 0. The highest BCUT2D eigenvalue weighted by Gasteiger charge is 2.20. The molecule has 6 rings (SSSR count). The lowest BCUT2D eigenvalue weighted by molar-refractivity contribution is 1.06. The third kappa shape index (κ3) is 3.56. The Morgan fingerprint density at radius 2 is 0.794 bits per heavy atom. The minimum absolute atomic E-state index is 0.895. The molecule has 0 aliphatic heterocycles. The third-order valence-corrected chi connectivity index (χ3v) is 6.19. The van der Waals surface area contributed by atoms with Crippen LogP contribution in [0.2, 0.25) is 0 Å². The Bertz CT molecular complexity index is 1560. The minimum atomic E-state index is 0.895. The third-order valence-electron chi connectivity index (χ3n) is 6.19. The Kier molecular flexibility index (Phi) is 5.17. The predicted octanol–water partition coefficient (Wildman–Crippen LogP) is 8.30. The summed E-state index contributed by atoms with van der Waals surface area (Å²) in [6.07, 6.45) is 0. The first-order valence-electron chi connectivity index (χ1n) is 11.5. The zero-order chi connectivity index (χ0) is 22.7. The van der Waals surface area contributed by atoms with E-state index in [4.69, 9.17) is 10.2 Å². The lowest BCUT2D eigenvalue weighted by atomic mass is 9.87. The summed E-state index contributed by atoms with van der Waals surface area (Å²) in [6, 6.07) is 46.3. The molecule has 1 aromatic heterocycles. The molecule has 160 valence electrons. The van der Waals surface area contributed by atoms with Crippen LogP contribution in [0.3, 0.4) is 0 Å². The number of aromatic nitrogens is 2. The summed E-state index contributed by atoms with van der Waals surface area (Å²) in [7, 11) is 0. The molecule has 0 bridgehead atoms. The molecular weight excluding hydrogens is 412 g/mol. The summed E-state index contributed by atoms with van der Waals surface area (Å²) in [5.74, 6) is 0. The van der Waals surface area contributed by atoms with Crippen molar-refractivity contribution >= 4 is 10.8 Å². The first kappa shape index (κ1) is 20.1. The van der Waals surface area contributed by atoms with Crippen LogP contribution in [0.15, 0.2) is 133 Å². The van der Waals surface area contributed by atoms with Crippen LogP contribution in [0.1, 0.15) is 0 Å². The molecule has 0 fully saturated rings. The lowest BCUT2D eigenvalue weighted by Crippen LogP contribution is -1.98. The topological polar surface area (TPSA) is 25.8 Å². The van der Waals surface area contributed by atoms with E-state index in [9.17, 15) is 0 Å². The highest BCUT2D eigenvalue weighted by atomic mass is 15.1. The molecule has 2 nitrogen and oxygen atoms in total. The normalized spacial score (nSPS) is 10.9. The molecule has 0 unspecified atom stereocenters. The number of rotatable bonds is 4. The van der Waals surface area contributed by atoms with E-state index in [1.54, 1.807) is 0 Å². The molecule has 0 N–H and O–H groups in total. The van der Waals surface area contributed by atoms with Gasteiger partial charge in [-0.25, -0.2) is 0 Å². The van der Waals surface area contributed by atoms with Gasteiger partial charge in [-0.1, -0.05) is 133 Å². The van der Waals surface area contributed by atoms with Gasteiger partial charge >= 0.3 is 0 Å². The molecule has 0 saturated carbocycles. The van der Waals surface area contributed by atoms with Gasteiger partial charge in [0.2, 0.25) is 0 Å². The highest BCUT2D eigenvalue weighted by molar-refractivity contribution is 6.13. The maximum absolute atomic E-state index is 4.82. The van der Waals surface area contributed by atoms with Gasteiger partial charge < -0.3 is 0 Å². The van der Waals surface area contributed by atoms with Gasteiger partial charge in [0, 0.05) is 21.9 Å². The molecule has 1 heterocycles. The molecule has 34 heavy (non-hydrogen) atoms. The van der Waals surface area contributed by atoms with E-state index in [2.05, 4.69) is 109 Å². The number of hydrogen-bond acceptors (Lipinski definition) is 2. The summed E-state index contributed by atoms with van der Waals surface area (Å²) in [6.45, 7) is 0. The van der Waals surface area contributed by atoms with E-state index >= 15 is 0 Å². The molecule has 0 radical (unpaired) electrons. The van der Waals surface area contributed by atoms with Gasteiger partial charge in [0.1, 0.15) is 11.4 Å². The van der Waals surface area contributed by atoms with Crippen molar-refractivity contribution in [3.8, 4) is 44.8 Å². The van der Waals surface area contributed by atoms with Gasteiger partial charge in [-0.2, -0.15) is 0 Å². The van der Waals surface area contributed by atoms with Gasteiger partial charge in [-0.15, -0.1) is 10.2 Å². The summed E-state index contributed by atoms with van der Waals surface area (Å²) >= 11 is 0. The van der Waals surface area contributed by atoms with Crippen LogP contribution in [-0.2, 0) is 0 Å². The van der Waals surface area contributed by atoms with Crippen LogP contribution < -0.4 is 0 Å². The second kappa shape index (κ2) is 8.76. The molecule has 2 heteroatoms. The number of hydrogen-bond donors (Lipinski definition) is 0. The fraction of sp³-hybridized carbons (Fsp3) is 0. The summed E-state index contributed by atoms with van der Waals surface area (Å²) in [5.41, 5.74) is 8.61. The second-order valence-electron chi connectivity index (χ2n) is 8.27. The van der Waals surface area contributed by atoms with E-state index in [0.29, 0.717) is 0 Å². The van der Waals surface area contributed by atoms with Crippen molar-refractivity contribution in [2.45, 2.75) is 0 Å². The van der Waals surface area contributed by atoms with Crippen LogP contribution in [0.4, 0.5) is 0 Å². The predicted molar refractivity (Wildman–Crippen MR) is 141 cm³/mol. The molecule has 0 aliphatic rings. The molecule has 0 spiro atoms. The van der Waals surface area contributed by atoms with Crippen molar-refractivity contribution in [2.24, 2.45) is 0 Å². The van der Waals surface area contributed by atoms with Crippen molar-refractivity contribution in [2.75, 3.05) is 0 Å². The first-order valence-corrected chi connectivity index (χ1v) is 11.5.